The van der Waals surface area contributed by atoms with Crippen LogP contribution in [0.15, 0.2) is 6.33 Å². The van der Waals surface area contributed by atoms with Gasteiger partial charge < -0.3 is 4.90 Å². The van der Waals surface area contributed by atoms with Gasteiger partial charge in [0.05, 0.1) is 4.92 Å². The molecule has 0 N–H and O–H groups in total. The zero-order valence-corrected chi connectivity index (χ0v) is 11.8. The number of hydrogen-bond acceptors (Lipinski definition) is 5. The fourth-order valence-corrected chi connectivity index (χ4v) is 2.89. The molecule has 6 nitrogen and oxygen atoms in total. The molecule has 0 radical (unpaired) electrons. The molecule has 2 rings (SSSR count). The molecule has 0 aliphatic heterocycles. The average Bonchev–Trinajstić information content (AvgIpc) is 2.37. The monoisotopic (exact) mass is 284 g/mol. The minimum absolute atomic E-state index is 0.106. The maximum Gasteiger partial charge on any atom is 0.348 e. The number of nitro groups is 1. The maximum absolute atomic E-state index is 11.1. The second-order valence-corrected chi connectivity index (χ2v) is 5.49. The van der Waals surface area contributed by atoms with E-state index in [9.17, 15) is 10.1 Å². The molecule has 0 saturated heterocycles. The SMILES string of the molecule is CC1CCCC(N(C)c2ncnc(Cl)c2[N+](=O)[O-])C1. The van der Waals surface area contributed by atoms with Crippen molar-refractivity contribution in [3.63, 3.8) is 0 Å². The molecule has 0 amide bonds. The molecule has 1 saturated carbocycles. The lowest BCUT2D eigenvalue weighted by Crippen LogP contribution is -2.36. The molecule has 0 spiro atoms. The second-order valence-electron chi connectivity index (χ2n) is 5.13. The van der Waals surface area contributed by atoms with Crippen molar-refractivity contribution in [3.8, 4) is 0 Å². The van der Waals surface area contributed by atoms with E-state index in [-0.39, 0.29) is 16.9 Å². The Morgan fingerprint density at radius 3 is 2.84 bits per heavy atom. The summed E-state index contributed by atoms with van der Waals surface area (Å²) in [5.74, 6) is 0.946. The minimum Gasteiger partial charge on any atom is -0.351 e. The Morgan fingerprint density at radius 2 is 2.21 bits per heavy atom. The van der Waals surface area contributed by atoms with E-state index in [1.807, 2.05) is 11.9 Å². The molecule has 1 heterocycles. The van der Waals surface area contributed by atoms with Gasteiger partial charge in [0.2, 0.25) is 11.0 Å². The molecule has 2 unspecified atom stereocenters. The first-order valence-electron chi connectivity index (χ1n) is 6.38. The largest absolute Gasteiger partial charge is 0.351 e. The summed E-state index contributed by atoms with van der Waals surface area (Å²) in [6, 6.07) is 0.272. The first-order chi connectivity index (χ1) is 9.00. The zero-order chi connectivity index (χ0) is 14.0. The fourth-order valence-electron chi connectivity index (χ4n) is 2.69. The lowest BCUT2D eigenvalue weighted by molar-refractivity contribution is -0.384. The molecular formula is C12H17ClN4O2. The molecule has 0 bridgehead atoms. The third-order valence-corrected chi connectivity index (χ3v) is 4.01. The molecule has 0 aromatic carbocycles. The average molecular weight is 285 g/mol. The molecule has 1 aromatic heterocycles. The molecule has 19 heavy (non-hydrogen) atoms. The van der Waals surface area contributed by atoms with E-state index in [4.69, 9.17) is 11.6 Å². The van der Waals surface area contributed by atoms with Crippen LogP contribution in [0.3, 0.4) is 0 Å². The van der Waals surface area contributed by atoms with Crippen LogP contribution in [0.25, 0.3) is 0 Å². The topological polar surface area (TPSA) is 72.2 Å². The zero-order valence-electron chi connectivity index (χ0n) is 11.0. The quantitative estimate of drug-likeness (QED) is 0.484. The van der Waals surface area contributed by atoms with Crippen molar-refractivity contribution in [1.82, 2.24) is 9.97 Å². The third kappa shape index (κ3) is 2.94. The number of rotatable bonds is 3. The van der Waals surface area contributed by atoms with Crippen LogP contribution in [0.1, 0.15) is 32.6 Å². The molecule has 104 valence electrons. The second kappa shape index (κ2) is 5.69. The molecule has 2 atom stereocenters. The predicted molar refractivity (Wildman–Crippen MR) is 73.5 cm³/mol. The fraction of sp³-hybridized carbons (Fsp3) is 0.667. The highest BCUT2D eigenvalue weighted by molar-refractivity contribution is 6.31. The number of hydrogen-bond donors (Lipinski definition) is 0. The van der Waals surface area contributed by atoms with Crippen molar-refractivity contribution in [2.24, 2.45) is 5.92 Å². The summed E-state index contributed by atoms with van der Waals surface area (Å²) in [4.78, 5) is 20.2. The highest BCUT2D eigenvalue weighted by atomic mass is 35.5. The summed E-state index contributed by atoms with van der Waals surface area (Å²) in [6.45, 7) is 2.21. The van der Waals surface area contributed by atoms with Crippen LogP contribution < -0.4 is 4.90 Å². The Balaban J connectivity index is 2.30. The normalized spacial score (nSPS) is 23.1. The standard InChI is InChI=1S/C12H17ClN4O2/c1-8-4-3-5-9(6-8)16(2)12-10(17(18)19)11(13)14-7-15-12/h7-9H,3-6H2,1-2H3. The Hall–Kier alpha value is -1.43. The van der Waals surface area contributed by atoms with E-state index in [0.717, 1.165) is 19.3 Å². The summed E-state index contributed by atoms with van der Waals surface area (Å²) >= 11 is 5.82. The smallest absolute Gasteiger partial charge is 0.348 e. The van der Waals surface area contributed by atoms with Gasteiger partial charge in [0.15, 0.2) is 0 Å². The van der Waals surface area contributed by atoms with Crippen LogP contribution in [0.2, 0.25) is 5.15 Å². The minimum atomic E-state index is -0.513. The van der Waals surface area contributed by atoms with Gasteiger partial charge in [-0.05, 0) is 18.8 Å². The van der Waals surface area contributed by atoms with E-state index >= 15 is 0 Å². The van der Waals surface area contributed by atoms with Crippen LogP contribution in [-0.2, 0) is 0 Å². The molecule has 7 heteroatoms. The first-order valence-corrected chi connectivity index (χ1v) is 6.76. The molecular weight excluding hydrogens is 268 g/mol. The molecule has 1 aliphatic rings. The summed E-state index contributed by atoms with van der Waals surface area (Å²) in [7, 11) is 1.84. The van der Waals surface area contributed by atoms with Crippen LogP contribution >= 0.6 is 11.6 Å². The molecule has 1 fully saturated rings. The van der Waals surface area contributed by atoms with Crippen molar-refractivity contribution in [1.29, 1.82) is 0 Å². The van der Waals surface area contributed by atoms with Crippen LogP contribution in [0, 0.1) is 16.0 Å². The van der Waals surface area contributed by atoms with Crippen molar-refractivity contribution >= 4 is 23.1 Å². The van der Waals surface area contributed by atoms with Crippen molar-refractivity contribution in [2.45, 2.75) is 38.6 Å². The summed E-state index contributed by atoms with van der Waals surface area (Å²) in [6.07, 6.45) is 5.68. The summed E-state index contributed by atoms with van der Waals surface area (Å²) in [5.41, 5.74) is -0.204. The van der Waals surface area contributed by atoms with Crippen LogP contribution in [-0.4, -0.2) is 28.0 Å². The van der Waals surface area contributed by atoms with E-state index in [2.05, 4.69) is 16.9 Å². The van der Waals surface area contributed by atoms with Gasteiger partial charge in [-0.3, -0.25) is 10.1 Å². The van der Waals surface area contributed by atoms with Gasteiger partial charge in [0, 0.05) is 13.1 Å². The van der Waals surface area contributed by atoms with Gasteiger partial charge in [0.25, 0.3) is 0 Å². The summed E-state index contributed by atoms with van der Waals surface area (Å²) in [5, 5.41) is 11.0. The predicted octanol–water partition coefficient (Wildman–Crippen LogP) is 3.05. The van der Waals surface area contributed by atoms with Crippen LogP contribution in [0.5, 0.6) is 0 Å². The third-order valence-electron chi connectivity index (χ3n) is 3.73. The number of anilines is 1. The van der Waals surface area contributed by atoms with Gasteiger partial charge in [-0.2, -0.15) is 0 Å². The number of nitrogens with zero attached hydrogens (tertiary/aromatic N) is 4. The van der Waals surface area contributed by atoms with Crippen LogP contribution in [0.4, 0.5) is 11.5 Å². The van der Waals surface area contributed by atoms with E-state index in [0.29, 0.717) is 11.7 Å². The number of halogens is 1. The lowest BCUT2D eigenvalue weighted by atomic mass is 9.86. The number of aromatic nitrogens is 2. The molecule has 1 aromatic rings. The van der Waals surface area contributed by atoms with E-state index in [1.165, 1.54) is 12.7 Å². The van der Waals surface area contributed by atoms with Crippen molar-refractivity contribution in [2.75, 3.05) is 11.9 Å². The Morgan fingerprint density at radius 1 is 1.47 bits per heavy atom. The maximum atomic E-state index is 11.1. The van der Waals surface area contributed by atoms with E-state index in [1.54, 1.807) is 0 Å². The highest BCUT2D eigenvalue weighted by Gasteiger charge is 2.30. The van der Waals surface area contributed by atoms with Gasteiger partial charge >= 0.3 is 5.69 Å². The summed E-state index contributed by atoms with van der Waals surface area (Å²) < 4.78 is 0. The van der Waals surface area contributed by atoms with Gasteiger partial charge in [-0.1, -0.05) is 31.4 Å². The Bertz CT molecular complexity index is 483. The van der Waals surface area contributed by atoms with Gasteiger partial charge in [0.1, 0.15) is 6.33 Å². The highest BCUT2D eigenvalue weighted by Crippen LogP contribution is 2.35. The Kier molecular flexibility index (Phi) is 4.19. The van der Waals surface area contributed by atoms with E-state index < -0.39 is 4.92 Å². The van der Waals surface area contributed by atoms with Crippen molar-refractivity contribution < 1.29 is 4.92 Å². The van der Waals surface area contributed by atoms with Gasteiger partial charge in [-0.25, -0.2) is 9.97 Å². The molecule has 1 aliphatic carbocycles. The van der Waals surface area contributed by atoms with Gasteiger partial charge in [-0.15, -0.1) is 0 Å². The Labute approximate surface area is 117 Å². The van der Waals surface area contributed by atoms with Crippen molar-refractivity contribution in [3.05, 3.63) is 21.6 Å². The first kappa shape index (κ1) is 14.0. The lowest BCUT2D eigenvalue weighted by Gasteiger charge is -2.34.